The van der Waals surface area contributed by atoms with E-state index in [1.807, 2.05) is 30.3 Å². The maximum absolute atomic E-state index is 10.4. The van der Waals surface area contributed by atoms with Gasteiger partial charge in [0.25, 0.3) is 0 Å². The average Bonchev–Trinajstić information content (AvgIpc) is 3.21. The minimum atomic E-state index is -1.30. The van der Waals surface area contributed by atoms with E-state index < -0.39 is 31.1 Å². The predicted octanol–water partition coefficient (Wildman–Crippen LogP) is -0.359. The van der Waals surface area contributed by atoms with Gasteiger partial charge >= 0.3 is 6.01 Å². The van der Waals surface area contributed by atoms with Gasteiger partial charge in [0.2, 0.25) is 0 Å². The highest BCUT2D eigenvalue weighted by atomic mass is 16.6. The van der Waals surface area contributed by atoms with Gasteiger partial charge in [-0.3, -0.25) is 0 Å². The molecule has 5 N–H and O–H groups in total. The number of hydrogen-bond donors (Lipinski definition) is 4. The Morgan fingerprint density at radius 3 is 2.64 bits per heavy atom. The number of aliphatic hydroxyl groups is 3. The lowest BCUT2D eigenvalue weighted by Crippen LogP contribution is -2.33. The molecule has 1 fully saturated rings. The summed E-state index contributed by atoms with van der Waals surface area (Å²) in [5.74, 6) is 0.156. The molecule has 0 bridgehead atoms. The number of nitrogens with zero attached hydrogens (tertiary/aromatic N) is 4. The first-order valence-corrected chi connectivity index (χ1v) is 8.87. The highest BCUT2D eigenvalue weighted by molar-refractivity contribution is 5.82. The first kappa shape index (κ1) is 18.6. The summed E-state index contributed by atoms with van der Waals surface area (Å²) in [5.41, 5.74) is 7.60. The Balaban J connectivity index is 1.66. The number of aromatic nitrogens is 4. The van der Waals surface area contributed by atoms with Crippen molar-refractivity contribution in [3.63, 3.8) is 0 Å². The van der Waals surface area contributed by atoms with Gasteiger partial charge in [-0.1, -0.05) is 30.3 Å². The number of ether oxygens (including phenoxy) is 2. The zero-order valence-electron chi connectivity index (χ0n) is 14.9. The lowest BCUT2D eigenvalue weighted by atomic mass is 10.1. The first-order chi connectivity index (χ1) is 13.6. The summed E-state index contributed by atoms with van der Waals surface area (Å²) in [6.07, 6.45) is -2.63. The molecule has 4 rings (SSSR count). The third kappa shape index (κ3) is 3.27. The fraction of sp³-hybridized carbons (Fsp3) is 0.389. The molecule has 0 amide bonds. The van der Waals surface area contributed by atoms with Gasteiger partial charge in [-0.25, -0.2) is 14.5 Å². The summed E-state index contributed by atoms with van der Waals surface area (Å²) in [7, 11) is 0. The number of rotatable bonds is 6. The van der Waals surface area contributed by atoms with Gasteiger partial charge < -0.3 is 30.5 Å². The molecule has 3 heterocycles. The Bertz CT molecular complexity index is 950. The SMILES string of the molecule is Nc1ncnc2c1nc(OCCc1ccccc1)n2[C@@H]1O[C@H](CO)C(O)C1O. The third-order valence-electron chi connectivity index (χ3n) is 4.71. The zero-order valence-corrected chi connectivity index (χ0v) is 14.9. The number of fused-ring (bicyclic) bond motifs is 1. The van der Waals surface area contributed by atoms with Crippen molar-refractivity contribution in [3.05, 3.63) is 42.2 Å². The Hall–Kier alpha value is -2.79. The normalized spacial score (nSPS) is 24.7. The van der Waals surface area contributed by atoms with Crippen LogP contribution in [0.15, 0.2) is 36.7 Å². The molecule has 10 nitrogen and oxygen atoms in total. The molecule has 148 valence electrons. The summed E-state index contributed by atoms with van der Waals surface area (Å²) in [6.45, 7) is -0.127. The minimum absolute atomic E-state index is 0.132. The van der Waals surface area contributed by atoms with Crippen LogP contribution in [-0.4, -0.2) is 66.4 Å². The summed E-state index contributed by atoms with van der Waals surface area (Å²) in [5, 5.41) is 29.9. The van der Waals surface area contributed by atoms with E-state index in [0.717, 1.165) is 5.56 Å². The monoisotopic (exact) mass is 387 g/mol. The molecule has 10 heteroatoms. The molecule has 2 unspecified atom stereocenters. The highest BCUT2D eigenvalue weighted by Crippen LogP contribution is 2.35. The Morgan fingerprint density at radius 1 is 1.14 bits per heavy atom. The number of hydrogen-bond acceptors (Lipinski definition) is 9. The molecule has 2 aromatic heterocycles. The van der Waals surface area contributed by atoms with Crippen LogP contribution >= 0.6 is 0 Å². The Kier molecular flexibility index (Phi) is 5.09. The maximum atomic E-state index is 10.4. The van der Waals surface area contributed by atoms with Crippen molar-refractivity contribution >= 4 is 17.0 Å². The van der Waals surface area contributed by atoms with Crippen molar-refractivity contribution in [1.29, 1.82) is 0 Å². The van der Waals surface area contributed by atoms with Gasteiger partial charge in [-0.15, -0.1) is 0 Å². The van der Waals surface area contributed by atoms with E-state index in [4.69, 9.17) is 15.2 Å². The smallest absolute Gasteiger partial charge is 0.301 e. The molecule has 0 saturated carbocycles. The average molecular weight is 387 g/mol. The van der Waals surface area contributed by atoms with Gasteiger partial charge in [0.05, 0.1) is 13.2 Å². The summed E-state index contributed by atoms with van der Waals surface area (Å²) >= 11 is 0. The van der Waals surface area contributed by atoms with Crippen molar-refractivity contribution in [1.82, 2.24) is 19.5 Å². The van der Waals surface area contributed by atoms with Crippen molar-refractivity contribution in [3.8, 4) is 6.01 Å². The third-order valence-corrected chi connectivity index (χ3v) is 4.71. The van der Waals surface area contributed by atoms with E-state index in [-0.39, 0.29) is 11.8 Å². The summed E-state index contributed by atoms with van der Waals surface area (Å²) < 4.78 is 12.9. The molecular weight excluding hydrogens is 366 g/mol. The molecule has 0 spiro atoms. The van der Waals surface area contributed by atoms with Crippen LogP contribution in [0.1, 0.15) is 11.8 Å². The standard InChI is InChI=1S/C18H21N5O5/c19-15-12-16(21-9-20-15)23(17-14(26)13(25)11(8-24)28-17)18(22-12)27-7-6-10-4-2-1-3-5-10/h1-5,9,11,13-14,17,24-26H,6-8H2,(H2,19,20,21)/t11-,13?,14?,17-/m1/s1. The van der Waals surface area contributed by atoms with Crippen LogP contribution in [0.5, 0.6) is 6.01 Å². The largest absolute Gasteiger partial charge is 0.464 e. The van der Waals surface area contributed by atoms with Crippen molar-refractivity contribution in [2.45, 2.75) is 31.0 Å². The summed E-state index contributed by atoms with van der Waals surface area (Å²) in [4.78, 5) is 12.5. The highest BCUT2D eigenvalue weighted by Gasteiger charge is 2.45. The lowest BCUT2D eigenvalue weighted by Gasteiger charge is -2.19. The molecule has 1 aromatic carbocycles. The van der Waals surface area contributed by atoms with Crippen molar-refractivity contribution in [2.24, 2.45) is 0 Å². The predicted molar refractivity (Wildman–Crippen MR) is 98.4 cm³/mol. The molecule has 4 atom stereocenters. The van der Waals surface area contributed by atoms with Gasteiger partial charge in [-0.05, 0) is 5.56 Å². The van der Waals surface area contributed by atoms with Gasteiger partial charge in [0.1, 0.15) is 24.6 Å². The zero-order chi connectivity index (χ0) is 19.7. The van der Waals surface area contributed by atoms with Crippen molar-refractivity contribution in [2.75, 3.05) is 18.9 Å². The van der Waals surface area contributed by atoms with E-state index in [9.17, 15) is 15.3 Å². The van der Waals surface area contributed by atoms with Crippen LogP contribution in [0.25, 0.3) is 11.2 Å². The second kappa shape index (κ2) is 7.68. The second-order valence-electron chi connectivity index (χ2n) is 6.51. The minimum Gasteiger partial charge on any atom is -0.464 e. The number of anilines is 1. The number of imidazole rings is 1. The number of aliphatic hydroxyl groups excluding tert-OH is 3. The van der Waals surface area contributed by atoms with Gasteiger partial charge in [0.15, 0.2) is 23.2 Å². The van der Waals surface area contributed by atoms with Gasteiger partial charge in [-0.2, -0.15) is 4.98 Å². The van der Waals surface area contributed by atoms with E-state index >= 15 is 0 Å². The fourth-order valence-electron chi connectivity index (χ4n) is 3.24. The molecule has 3 aromatic rings. The van der Waals surface area contributed by atoms with E-state index in [0.29, 0.717) is 24.2 Å². The van der Waals surface area contributed by atoms with E-state index in [1.54, 1.807) is 0 Å². The van der Waals surface area contributed by atoms with Crippen molar-refractivity contribution < 1.29 is 24.8 Å². The van der Waals surface area contributed by atoms with Crippen LogP contribution in [-0.2, 0) is 11.2 Å². The Labute approximate surface area is 160 Å². The quantitative estimate of drug-likeness (QED) is 0.445. The molecule has 1 aliphatic heterocycles. The summed E-state index contributed by atoms with van der Waals surface area (Å²) in [6, 6.07) is 9.93. The topological polar surface area (TPSA) is 149 Å². The van der Waals surface area contributed by atoms with E-state index in [2.05, 4.69) is 15.0 Å². The number of nitrogens with two attached hydrogens (primary N) is 1. The van der Waals surface area contributed by atoms with Crippen LogP contribution < -0.4 is 10.5 Å². The van der Waals surface area contributed by atoms with Crippen LogP contribution in [0.3, 0.4) is 0 Å². The first-order valence-electron chi connectivity index (χ1n) is 8.87. The molecular formula is C18H21N5O5. The molecule has 0 radical (unpaired) electrons. The fourth-order valence-corrected chi connectivity index (χ4v) is 3.24. The molecule has 0 aliphatic carbocycles. The lowest BCUT2D eigenvalue weighted by molar-refractivity contribution is -0.0542. The number of nitrogen functional groups attached to an aromatic ring is 1. The molecule has 1 saturated heterocycles. The molecule has 28 heavy (non-hydrogen) atoms. The van der Waals surface area contributed by atoms with E-state index in [1.165, 1.54) is 10.9 Å². The van der Waals surface area contributed by atoms with Crippen LogP contribution in [0.2, 0.25) is 0 Å². The molecule has 1 aliphatic rings. The maximum Gasteiger partial charge on any atom is 0.301 e. The van der Waals surface area contributed by atoms with Crippen LogP contribution in [0.4, 0.5) is 5.82 Å². The van der Waals surface area contributed by atoms with Gasteiger partial charge in [0, 0.05) is 6.42 Å². The Morgan fingerprint density at radius 2 is 1.93 bits per heavy atom. The number of benzene rings is 1. The second-order valence-corrected chi connectivity index (χ2v) is 6.51. The van der Waals surface area contributed by atoms with Crippen LogP contribution in [0, 0.1) is 0 Å².